The van der Waals surface area contributed by atoms with Crippen LogP contribution in [0.25, 0.3) is 0 Å². The van der Waals surface area contributed by atoms with E-state index in [1.165, 1.54) is 0 Å². The molecule has 0 aliphatic carbocycles. The predicted molar refractivity (Wildman–Crippen MR) is 85.4 cm³/mol. The Labute approximate surface area is 121 Å². The molecule has 1 aliphatic heterocycles. The zero-order valence-corrected chi connectivity index (χ0v) is 6.59. The third-order valence-corrected chi connectivity index (χ3v) is 0.826. The summed E-state index contributed by atoms with van der Waals surface area (Å²) in [5.41, 5.74) is -0.500. The molecule has 1 heterocycles. The first-order valence-electron chi connectivity index (χ1n) is 2.92. The molecule has 0 aromatic carbocycles. The highest BCUT2D eigenvalue weighted by Gasteiger charge is 2.29. The topological polar surface area (TPSA) is 111 Å². The van der Waals surface area contributed by atoms with E-state index in [1.807, 2.05) is 0 Å². The van der Waals surface area contributed by atoms with Gasteiger partial charge in [0.2, 0.25) is 12.2 Å². The Morgan fingerprint density at radius 3 is 1.00 bits per heavy atom. The molecule has 6 nitrogen and oxygen atoms in total. The quantitative estimate of drug-likeness (QED) is 0.461. The van der Waals surface area contributed by atoms with Crippen LogP contribution in [0, 0.1) is 10.8 Å². The number of rotatable bonds is 0. The third-order valence-electron chi connectivity index (χ3n) is 0.826. The first-order chi connectivity index (χ1) is 5.54. The Morgan fingerprint density at radius 1 is 0.895 bits per heavy atom. The highest BCUT2D eigenvalue weighted by atomic mass is 16.5. The second-order valence-electron chi connectivity index (χ2n) is 2.19. The van der Waals surface area contributed by atoms with Gasteiger partial charge < -0.3 is 9.84 Å². The fourth-order valence-electron chi connectivity index (χ4n) is 0.397. The Bertz CT molecular complexity index is 165. The lowest BCUT2D eigenvalue weighted by molar-refractivity contribution is -0.166. The summed E-state index contributed by atoms with van der Waals surface area (Å²) in [6.45, 7) is 2.77. The zero-order valence-electron chi connectivity index (χ0n) is 6.59. The molecule has 0 aromatic rings. The van der Waals surface area contributed by atoms with Crippen LogP contribution >= 0.6 is 0 Å². The van der Waals surface area contributed by atoms with Crippen molar-refractivity contribution >= 4 is 12.2 Å². The molecule has 124 valence electrons. The van der Waals surface area contributed by atoms with E-state index in [4.69, 9.17) is 25.5 Å². The van der Waals surface area contributed by atoms with E-state index >= 15 is 0 Å². The maximum Gasteiger partial charge on any atom is 0.231 e. The average Bonchev–Trinajstić information content (AvgIpc) is 1.88. The SMILES string of the molecule is C.C.C.C.C.C.C.CC1(O)COC1.N=C=O.N=C=O. The van der Waals surface area contributed by atoms with Crippen LogP contribution in [0.4, 0.5) is 0 Å². The smallest absolute Gasteiger partial charge is 0.231 e. The molecule has 19 heavy (non-hydrogen) atoms. The summed E-state index contributed by atoms with van der Waals surface area (Å²) in [4.78, 5) is 16.7. The fraction of sp³-hybridized carbons (Fsp3) is 0.846. The van der Waals surface area contributed by atoms with Gasteiger partial charge in [0, 0.05) is 0 Å². The predicted octanol–water partition coefficient (Wildman–Crippen LogP) is 4.02. The molecule has 3 N–H and O–H groups in total. The number of hydrogen-bond acceptors (Lipinski definition) is 6. The van der Waals surface area contributed by atoms with Crippen LogP contribution in [0.5, 0.6) is 0 Å². The van der Waals surface area contributed by atoms with Gasteiger partial charge in [0.25, 0.3) is 0 Å². The lowest BCUT2D eigenvalue weighted by Crippen LogP contribution is -2.46. The van der Waals surface area contributed by atoms with Crippen molar-refractivity contribution in [1.82, 2.24) is 0 Å². The molecule has 6 heteroatoms. The highest BCUT2D eigenvalue weighted by Crippen LogP contribution is 2.13. The minimum Gasteiger partial charge on any atom is -0.385 e. The van der Waals surface area contributed by atoms with Crippen molar-refractivity contribution in [3.05, 3.63) is 0 Å². The summed E-state index contributed by atoms with van der Waals surface area (Å²) in [6, 6.07) is 0. The van der Waals surface area contributed by atoms with Gasteiger partial charge in [-0.05, 0) is 6.92 Å². The van der Waals surface area contributed by atoms with E-state index in [0.717, 1.165) is 12.2 Å². The van der Waals surface area contributed by atoms with Crippen molar-refractivity contribution < 1.29 is 19.4 Å². The third kappa shape index (κ3) is 80.6. The second-order valence-corrected chi connectivity index (χ2v) is 2.19. The van der Waals surface area contributed by atoms with E-state index < -0.39 is 5.60 Å². The molecular weight excluding hydrogens is 248 g/mol. The van der Waals surface area contributed by atoms with E-state index in [-0.39, 0.29) is 52.0 Å². The van der Waals surface area contributed by atoms with Crippen LogP contribution in [0.2, 0.25) is 0 Å². The van der Waals surface area contributed by atoms with E-state index in [9.17, 15) is 0 Å². The fourth-order valence-corrected chi connectivity index (χ4v) is 0.397. The molecule has 1 fully saturated rings. The molecule has 0 atom stereocenters. The van der Waals surface area contributed by atoms with Crippen LogP contribution in [0.1, 0.15) is 58.9 Å². The highest BCUT2D eigenvalue weighted by molar-refractivity contribution is 5.26. The summed E-state index contributed by atoms with van der Waals surface area (Å²) >= 11 is 0. The molecule has 0 saturated carbocycles. The van der Waals surface area contributed by atoms with Gasteiger partial charge in [-0.15, -0.1) is 0 Å². The molecule has 0 bridgehead atoms. The van der Waals surface area contributed by atoms with Gasteiger partial charge in [-0.1, -0.05) is 52.0 Å². The summed E-state index contributed by atoms with van der Waals surface area (Å²) in [7, 11) is 0. The van der Waals surface area contributed by atoms with Crippen molar-refractivity contribution in [3.8, 4) is 0 Å². The minimum atomic E-state index is -0.500. The molecule has 1 aliphatic rings. The van der Waals surface area contributed by atoms with Gasteiger partial charge in [0.1, 0.15) is 5.60 Å². The standard InChI is InChI=1S/C4H8O2.2CHNO.7CH4/c1-4(5)2-6-3-4;2*2-1-3;;;;;;;/h5H,2-3H2,1H3;2*2H;7*1H4. The molecule has 0 aromatic heterocycles. The maximum absolute atomic E-state index is 8.79. The lowest BCUT2D eigenvalue weighted by Gasteiger charge is -2.31. The lowest BCUT2D eigenvalue weighted by atomic mass is 10.1. The molecule has 0 radical (unpaired) electrons. The van der Waals surface area contributed by atoms with Gasteiger partial charge in [-0.2, -0.15) is 0 Å². The minimum absolute atomic E-state index is 0. The number of isocyanates is 2. The average molecular weight is 286 g/mol. The van der Waals surface area contributed by atoms with Crippen LogP contribution in [-0.2, 0) is 14.3 Å². The number of hydrogen-bond donors (Lipinski definition) is 3. The maximum atomic E-state index is 8.79. The normalized spacial score (nSPS) is 10.0. The summed E-state index contributed by atoms with van der Waals surface area (Å²) in [5.74, 6) is 0. The first kappa shape index (κ1) is 65.3. The van der Waals surface area contributed by atoms with Crippen LogP contribution < -0.4 is 0 Å². The summed E-state index contributed by atoms with van der Waals surface area (Å²) < 4.78 is 4.69. The zero-order chi connectivity index (χ0) is 10.0. The van der Waals surface area contributed by atoms with Crippen molar-refractivity contribution in [2.75, 3.05) is 13.2 Å². The molecule has 1 saturated heterocycles. The van der Waals surface area contributed by atoms with Gasteiger partial charge in [-0.25, -0.2) is 20.4 Å². The molecule has 0 unspecified atom stereocenters. The van der Waals surface area contributed by atoms with Gasteiger partial charge in [0.05, 0.1) is 13.2 Å². The van der Waals surface area contributed by atoms with Gasteiger partial charge in [0.15, 0.2) is 0 Å². The van der Waals surface area contributed by atoms with E-state index in [0.29, 0.717) is 13.2 Å². The van der Waals surface area contributed by atoms with Gasteiger partial charge in [-0.3, -0.25) is 0 Å². The monoisotopic (exact) mass is 286 g/mol. The summed E-state index contributed by atoms with van der Waals surface area (Å²) in [6.07, 6.45) is 1.50. The van der Waals surface area contributed by atoms with Crippen molar-refractivity contribution in [3.63, 3.8) is 0 Å². The molecule has 0 spiro atoms. The van der Waals surface area contributed by atoms with E-state index in [2.05, 4.69) is 4.74 Å². The van der Waals surface area contributed by atoms with Crippen molar-refractivity contribution in [2.45, 2.75) is 64.5 Å². The Hall–Kier alpha value is -1.32. The Balaban J connectivity index is -0.0000000102. The van der Waals surface area contributed by atoms with Crippen LogP contribution in [0.15, 0.2) is 0 Å². The van der Waals surface area contributed by atoms with E-state index in [1.54, 1.807) is 6.92 Å². The number of carbonyl (C=O) groups excluding carboxylic acids is 2. The Morgan fingerprint density at radius 2 is 1.00 bits per heavy atom. The molecule has 1 rings (SSSR count). The van der Waals surface area contributed by atoms with Gasteiger partial charge >= 0.3 is 0 Å². The van der Waals surface area contributed by atoms with Crippen LogP contribution in [0.3, 0.4) is 0 Å². The first-order valence-corrected chi connectivity index (χ1v) is 2.92. The summed E-state index contributed by atoms with van der Waals surface area (Å²) in [5, 5.41) is 19.6. The molecule has 0 amide bonds. The number of nitrogens with one attached hydrogen (secondary N) is 2. The number of ether oxygens (including phenoxy) is 1. The molecular formula is C13H38N2O4. The van der Waals surface area contributed by atoms with Crippen molar-refractivity contribution in [2.24, 2.45) is 0 Å². The van der Waals surface area contributed by atoms with Crippen LogP contribution in [-0.4, -0.2) is 36.1 Å². The largest absolute Gasteiger partial charge is 0.385 e. The Kier molecular flexibility index (Phi) is 150. The second kappa shape index (κ2) is 43.8. The number of aliphatic hydroxyl groups is 1. The van der Waals surface area contributed by atoms with Crippen molar-refractivity contribution in [1.29, 1.82) is 10.8 Å².